The minimum atomic E-state index is 0.00676. The van der Waals surface area contributed by atoms with Gasteiger partial charge in [-0.05, 0) is 29.3 Å². The first-order valence-electron chi connectivity index (χ1n) is 7.20. The summed E-state index contributed by atoms with van der Waals surface area (Å²) in [7, 11) is 0. The van der Waals surface area contributed by atoms with Crippen molar-refractivity contribution in [1.29, 1.82) is 0 Å². The molecule has 0 aliphatic rings. The number of fused-ring (bicyclic) bond motifs is 1. The smallest absolute Gasteiger partial charge is 0.204 e. The lowest BCUT2D eigenvalue weighted by Gasteiger charge is -2.21. The highest BCUT2D eigenvalue weighted by Crippen LogP contribution is 2.30. The number of anilines is 1. The van der Waals surface area contributed by atoms with Crippen LogP contribution >= 0.6 is 27.3 Å². The fourth-order valence-corrected chi connectivity index (χ4v) is 3.46. The van der Waals surface area contributed by atoms with Crippen LogP contribution in [-0.2, 0) is 4.74 Å². The summed E-state index contributed by atoms with van der Waals surface area (Å²) in [4.78, 5) is 14.1. The highest BCUT2D eigenvalue weighted by atomic mass is 79.9. The molecule has 0 bridgehead atoms. The molecule has 0 spiro atoms. The Labute approximate surface area is 136 Å². The van der Waals surface area contributed by atoms with Gasteiger partial charge in [-0.15, -0.1) is 11.3 Å². The second kappa shape index (κ2) is 7.96. The lowest BCUT2D eigenvalue weighted by atomic mass is 10.3. The Hall–Kier alpha value is -0.850. The van der Waals surface area contributed by atoms with Crippen LogP contribution in [0.3, 0.4) is 0 Å². The average molecular weight is 374 g/mol. The van der Waals surface area contributed by atoms with E-state index in [1.165, 1.54) is 11.3 Å². The van der Waals surface area contributed by atoms with E-state index in [0.29, 0.717) is 22.8 Å². The van der Waals surface area contributed by atoms with Crippen LogP contribution in [0.15, 0.2) is 25.1 Å². The van der Waals surface area contributed by atoms with Crippen molar-refractivity contribution in [2.24, 2.45) is 0 Å². The molecule has 6 heteroatoms. The SMILES string of the molecule is CCCCOCCN(CC)c1cc(=O)c2scc(Br)c2o1. The molecule has 0 aliphatic heterocycles. The fourth-order valence-electron chi connectivity index (χ4n) is 2.01. The number of hydrogen-bond acceptors (Lipinski definition) is 5. The molecule has 0 saturated carbocycles. The van der Waals surface area contributed by atoms with E-state index in [2.05, 4.69) is 22.9 Å². The maximum absolute atomic E-state index is 12.1. The molecule has 0 aromatic carbocycles. The van der Waals surface area contributed by atoms with Crippen molar-refractivity contribution >= 4 is 43.4 Å². The quantitative estimate of drug-likeness (QED) is 0.648. The molecule has 0 fully saturated rings. The molecule has 0 aliphatic carbocycles. The number of halogens is 1. The molecular formula is C15H20BrNO3S. The highest BCUT2D eigenvalue weighted by Gasteiger charge is 2.14. The van der Waals surface area contributed by atoms with Gasteiger partial charge in [0.25, 0.3) is 0 Å². The van der Waals surface area contributed by atoms with Crippen molar-refractivity contribution in [3.63, 3.8) is 0 Å². The predicted octanol–water partition coefficient (Wildman–Crippen LogP) is 4.26. The molecule has 0 atom stereocenters. The molecule has 0 saturated heterocycles. The Kier molecular flexibility index (Phi) is 6.26. The summed E-state index contributed by atoms with van der Waals surface area (Å²) < 4.78 is 12.9. The maximum atomic E-state index is 12.1. The van der Waals surface area contributed by atoms with E-state index in [1.807, 2.05) is 17.2 Å². The first kappa shape index (κ1) is 16.5. The van der Waals surface area contributed by atoms with Gasteiger partial charge in [0, 0.05) is 31.1 Å². The van der Waals surface area contributed by atoms with Crippen LogP contribution in [0.1, 0.15) is 26.7 Å². The number of unbranched alkanes of at least 4 members (excludes halogenated alkanes) is 1. The van der Waals surface area contributed by atoms with Crippen molar-refractivity contribution in [2.75, 3.05) is 31.2 Å². The van der Waals surface area contributed by atoms with E-state index in [4.69, 9.17) is 9.15 Å². The Morgan fingerprint density at radius 2 is 2.19 bits per heavy atom. The summed E-state index contributed by atoms with van der Waals surface area (Å²) in [5.41, 5.74) is 0.639. The molecule has 2 heterocycles. The van der Waals surface area contributed by atoms with Gasteiger partial charge in [0.15, 0.2) is 11.5 Å². The van der Waals surface area contributed by atoms with Crippen LogP contribution in [0.25, 0.3) is 10.3 Å². The van der Waals surface area contributed by atoms with Gasteiger partial charge in [-0.25, -0.2) is 0 Å². The monoisotopic (exact) mass is 373 g/mol. The lowest BCUT2D eigenvalue weighted by molar-refractivity contribution is 0.136. The zero-order valence-corrected chi connectivity index (χ0v) is 14.8. The normalized spacial score (nSPS) is 11.2. The van der Waals surface area contributed by atoms with Crippen LogP contribution < -0.4 is 10.3 Å². The van der Waals surface area contributed by atoms with Gasteiger partial charge >= 0.3 is 0 Å². The van der Waals surface area contributed by atoms with Crippen molar-refractivity contribution in [3.8, 4) is 0 Å². The third kappa shape index (κ3) is 4.08. The number of rotatable bonds is 8. The zero-order chi connectivity index (χ0) is 15.2. The Bertz CT molecular complexity index is 637. The van der Waals surface area contributed by atoms with Crippen LogP contribution in [0.5, 0.6) is 0 Å². The number of nitrogens with zero attached hydrogens (tertiary/aromatic N) is 1. The second-order valence-electron chi connectivity index (χ2n) is 4.74. The molecule has 2 rings (SSSR count). The summed E-state index contributed by atoms with van der Waals surface area (Å²) in [6, 6.07) is 1.57. The molecule has 21 heavy (non-hydrogen) atoms. The van der Waals surface area contributed by atoms with Crippen LogP contribution in [-0.4, -0.2) is 26.3 Å². The number of ether oxygens (including phenoxy) is 1. The van der Waals surface area contributed by atoms with E-state index in [9.17, 15) is 4.79 Å². The number of hydrogen-bond donors (Lipinski definition) is 0. The molecule has 0 N–H and O–H groups in total. The summed E-state index contributed by atoms with van der Waals surface area (Å²) in [5, 5.41) is 1.88. The van der Waals surface area contributed by atoms with E-state index in [0.717, 1.165) is 37.0 Å². The largest absolute Gasteiger partial charge is 0.438 e. The molecular weight excluding hydrogens is 354 g/mol. The molecule has 0 amide bonds. The van der Waals surface area contributed by atoms with E-state index in [1.54, 1.807) is 6.07 Å². The molecule has 0 radical (unpaired) electrons. The highest BCUT2D eigenvalue weighted by molar-refractivity contribution is 9.10. The average Bonchev–Trinajstić information content (AvgIpc) is 2.85. The van der Waals surface area contributed by atoms with Gasteiger partial charge in [-0.1, -0.05) is 13.3 Å². The molecule has 2 aromatic heterocycles. The second-order valence-corrected chi connectivity index (χ2v) is 6.47. The van der Waals surface area contributed by atoms with Gasteiger partial charge in [0.05, 0.1) is 11.1 Å². The van der Waals surface area contributed by atoms with Crippen LogP contribution in [0.4, 0.5) is 5.88 Å². The molecule has 116 valence electrons. The van der Waals surface area contributed by atoms with Gasteiger partial charge in [-0.2, -0.15) is 0 Å². The third-order valence-electron chi connectivity index (χ3n) is 3.23. The third-order valence-corrected chi connectivity index (χ3v) is 5.10. The first-order valence-corrected chi connectivity index (χ1v) is 8.88. The lowest BCUT2D eigenvalue weighted by Crippen LogP contribution is -2.28. The van der Waals surface area contributed by atoms with Crippen molar-refractivity contribution in [1.82, 2.24) is 0 Å². The van der Waals surface area contributed by atoms with Crippen LogP contribution in [0.2, 0.25) is 0 Å². The van der Waals surface area contributed by atoms with Gasteiger partial charge in [0.1, 0.15) is 4.70 Å². The van der Waals surface area contributed by atoms with Crippen molar-refractivity contribution in [3.05, 3.63) is 26.1 Å². The van der Waals surface area contributed by atoms with Gasteiger partial charge in [-0.3, -0.25) is 4.79 Å². The van der Waals surface area contributed by atoms with Crippen molar-refractivity contribution in [2.45, 2.75) is 26.7 Å². The Balaban J connectivity index is 2.10. The van der Waals surface area contributed by atoms with Crippen molar-refractivity contribution < 1.29 is 9.15 Å². The van der Waals surface area contributed by atoms with Gasteiger partial charge < -0.3 is 14.1 Å². The molecule has 0 unspecified atom stereocenters. The topological polar surface area (TPSA) is 42.7 Å². The summed E-state index contributed by atoms with van der Waals surface area (Å²) in [6.45, 7) is 7.10. The Morgan fingerprint density at radius 1 is 1.38 bits per heavy atom. The summed E-state index contributed by atoms with van der Waals surface area (Å²) in [5.74, 6) is 0.605. The van der Waals surface area contributed by atoms with E-state index >= 15 is 0 Å². The Morgan fingerprint density at radius 3 is 2.90 bits per heavy atom. The fraction of sp³-hybridized carbons (Fsp3) is 0.533. The molecule has 2 aromatic rings. The minimum absolute atomic E-state index is 0.00676. The number of likely N-dealkylation sites (N-methyl/N-ethyl adjacent to an activating group) is 1. The van der Waals surface area contributed by atoms with E-state index in [-0.39, 0.29) is 5.43 Å². The van der Waals surface area contributed by atoms with Gasteiger partial charge in [0.2, 0.25) is 5.43 Å². The minimum Gasteiger partial charge on any atom is -0.438 e. The predicted molar refractivity (Wildman–Crippen MR) is 91.7 cm³/mol. The zero-order valence-electron chi connectivity index (χ0n) is 12.4. The van der Waals surface area contributed by atoms with E-state index < -0.39 is 0 Å². The standard InChI is InChI=1S/C15H20BrNO3S/c1-3-5-7-19-8-6-17(4-2)13-9-12(18)15-14(20-13)11(16)10-21-15/h9-10H,3-8H2,1-2H3. The van der Waals surface area contributed by atoms with Crippen LogP contribution in [0, 0.1) is 0 Å². The summed E-state index contributed by atoms with van der Waals surface area (Å²) in [6.07, 6.45) is 2.21. The number of thiophene rings is 1. The summed E-state index contributed by atoms with van der Waals surface area (Å²) >= 11 is 4.82. The maximum Gasteiger partial charge on any atom is 0.204 e. The first-order chi connectivity index (χ1) is 10.2. The molecule has 4 nitrogen and oxygen atoms in total.